The first-order valence-corrected chi connectivity index (χ1v) is 11.8. The van der Waals surface area contributed by atoms with Crippen molar-refractivity contribution >= 4 is 45.0 Å². The van der Waals surface area contributed by atoms with Gasteiger partial charge in [0, 0.05) is 51.1 Å². The molecule has 7 rings (SSSR count). The molecule has 5 aromatic rings. The number of ketones is 1. The number of allylic oxidation sites excluding steroid dienone is 2. The number of Topliss-reactive ketones (excluding diaryl/α,β-unsaturated/α-hetero) is 1. The molecule has 0 fully saturated rings. The van der Waals surface area contributed by atoms with E-state index in [1.165, 1.54) is 4.88 Å². The minimum Gasteiger partial charge on any atom is -0.361 e. The Hall–Kier alpha value is -3.64. The monoisotopic (exact) mass is 436 g/mol. The fraction of sp³-hybridized carbons (Fsp3) is 0.154. The van der Waals surface area contributed by atoms with Gasteiger partial charge in [0.05, 0.1) is 17.1 Å². The lowest BCUT2D eigenvalue weighted by atomic mass is 9.79. The van der Waals surface area contributed by atoms with Gasteiger partial charge < -0.3 is 10.3 Å². The second kappa shape index (κ2) is 6.68. The van der Waals surface area contributed by atoms with Gasteiger partial charge in [0.15, 0.2) is 5.78 Å². The number of carbonyl (C=O) groups is 1. The van der Waals surface area contributed by atoms with Crippen molar-refractivity contribution in [3.05, 3.63) is 94.0 Å². The molecule has 0 saturated carbocycles. The Morgan fingerprint density at radius 1 is 1.00 bits per heavy atom. The molecule has 4 heterocycles. The number of H-pyrrole nitrogens is 1. The highest BCUT2D eigenvalue weighted by molar-refractivity contribution is 7.10. The van der Waals surface area contributed by atoms with Crippen molar-refractivity contribution in [3.8, 4) is 0 Å². The van der Waals surface area contributed by atoms with Gasteiger partial charge in [0.1, 0.15) is 0 Å². The van der Waals surface area contributed by atoms with Crippen LogP contribution in [0.3, 0.4) is 0 Å². The second-order valence-electron chi connectivity index (χ2n) is 8.55. The van der Waals surface area contributed by atoms with Gasteiger partial charge in [-0.15, -0.1) is 11.3 Å². The van der Waals surface area contributed by atoms with E-state index in [0.29, 0.717) is 6.42 Å². The summed E-state index contributed by atoms with van der Waals surface area (Å²) in [6, 6.07) is 20.5. The lowest BCUT2D eigenvalue weighted by molar-refractivity contribution is -0.116. The number of hydrogen-bond donors (Lipinski definition) is 2. The van der Waals surface area contributed by atoms with Gasteiger partial charge in [0.2, 0.25) is 5.95 Å². The Bertz CT molecular complexity index is 1540. The van der Waals surface area contributed by atoms with E-state index in [1.54, 1.807) is 11.3 Å². The van der Waals surface area contributed by atoms with Crippen molar-refractivity contribution in [3.63, 3.8) is 0 Å². The van der Waals surface area contributed by atoms with Crippen molar-refractivity contribution < 1.29 is 4.79 Å². The SMILES string of the molecule is O=C1CC(c2cccs2)CC2=C1C(c1c[nH]c3ccccc13)n1c(nc3ccccc31)N2. The molecular weight excluding hydrogens is 416 g/mol. The largest absolute Gasteiger partial charge is 0.361 e. The van der Waals surface area contributed by atoms with E-state index in [4.69, 9.17) is 4.98 Å². The number of fused-ring (bicyclic) bond motifs is 4. The Kier molecular flexibility index (Phi) is 3.75. The van der Waals surface area contributed by atoms with E-state index >= 15 is 0 Å². The number of para-hydroxylation sites is 3. The van der Waals surface area contributed by atoms with Gasteiger partial charge in [-0.25, -0.2) is 4.98 Å². The van der Waals surface area contributed by atoms with Crippen LogP contribution >= 0.6 is 11.3 Å². The van der Waals surface area contributed by atoms with Crippen LogP contribution in [0.5, 0.6) is 0 Å². The highest BCUT2D eigenvalue weighted by atomic mass is 32.1. The Morgan fingerprint density at radius 2 is 1.88 bits per heavy atom. The van der Waals surface area contributed by atoms with Crippen molar-refractivity contribution in [1.29, 1.82) is 0 Å². The Balaban J connectivity index is 1.48. The van der Waals surface area contributed by atoms with E-state index in [0.717, 1.165) is 51.1 Å². The molecule has 6 heteroatoms. The number of thiophene rings is 1. The van der Waals surface area contributed by atoms with Gasteiger partial charge in [-0.1, -0.05) is 36.4 Å². The topological polar surface area (TPSA) is 62.7 Å². The Morgan fingerprint density at radius 3 is 2.78 bits per heavy atom. The summed E-state index contributed by atoms with van der Waals surface area (Å²) in [7, 11) is 0. The summed E-state index contributed by atoms with van der Waals surface area (Å²) >= 11 is 1.73. The third kappa shape index (κ3) is 2.50. The molecule has 2 unspecified atom stereocenters. The zero-order valence-electron chi connectivity index (χ0n) is 17.2. The third-order valence-electron chi connectivity index (χ3n) is 6.76. The first-order valence-electron chi connectivity index (χ1n) is 10.9. The summed E-state index contributed by atoms with van der Waals surface area (Å²) in [5, 5.41) is 6.79. The van der Waals surface area contributed by atoms with Gasteiger partial charge in [-0.3, -0.25) is 9.36 Å². The lowest BCUT2D eigenvalue weighted by Crippen LogP contribution is -2.32. The van der Waals surface area contributed by atoms with Gasteiger partial charge in [0.25, 0.3) is 0 Å². The summed E-state index contributed by atoms with van der Waals surface area (Å²) in [4.78, 5) is 23.3. The predicted molar refractivity (Wildman–Crippen MR) is 128 cm³/mol. The molecule has 2 atom stereocenters. The van der Waals surface area contributed by atoms with Crippen LogP contribution in [0.1, 0.15) is 35.2 Å². The van der Waals surface area contributed by atoms with E-state index in [2.05, 4.69) is 62.8 Å². The fourth-order valence-electron chi connectivity index (χ4n) is 5.36. The number of benzene rings is 2. The predicted octanol–water partition coefficient (Wildman–Crippen LogP) is 5.99. The molecule has 2 N–H and O–H groups in total. The first kappa shape index (κ1) is 18.0. The fourth-order valence-corrected chi connectivity index (χ4v) is 6.19. The minimum absolute atomic E-state index is 0.207. The molecule has 2 aromatic carbocycles. The average molecular weight is 437 g/mol. The maximum absolute atomic E-state index is 13.7. The number of rotatable bonds is 2. The number of hydrogen-bond acceptors (Lipinski definition) is 4. The molecule has 156 valence electrons. The molecule has 0 spiro atoms. The van der Waals surface area contributed by atoms with Crippen LogP contribution in [0.4, 0.5) is 5.95 Å². The third-order valence-corrected chi connectivity index (χ3v) is 7.79. The number of carbonyl (C=O) groups excluding carboxylic acids is 1. The zero-order chi connectivity index (χ0) is 21.2. The molecule has 2 aliphatic rings. The number of anilines is 1. The highest BCUT2D eigenvalue weighted by Crippen LogP contribution is 2.47. The number of nitrogens with one attached hydrogen (secondary N) is 2. The van der Waals surface area contributed by atoms with Crippen molar-refractivity contribution in [1.82, 2.24) is 14.5 Å². The molecule has 0 amide bonds. The van der Waals surface area contributed by atoms with Crippen LogP contribution < -0.4 is 5.32 Å². The van der Waals surface area contributed by atoms with Crippen LogP contribution in [0.25, 0.3) is 21.9 Å². The standard InChI is InChI=1S/C26H20N4OS/c31-22-13-15(23-10-5-11-32-23)12-20-24(22)25(17-14-27-18-7-2-1-6-16(17)18)30-21-9-4-3-8-19(21)28-26(30)29-20/h1-11,14-15,25,27H,12-13H2,(H,28,29). The molecule has 1 aliphatic heterocycles. The van der Waals surface area contributed by atoms with E-state index in [-0.39, 0.29) is 17.7 Å². The number of nitrogens with zero attached hydrogens (tertiary/aromatic N) is 2. The molecule has 0 radical (unpaired) electrons. The molecule has 5 nitrogen and oxygen atoms in total. The van der Waals surface area contributed by atoms with Crippen LogP contribution in [-0.4, -0.2) is 20.3 Å². The van der Waals surface area contributed by atoms with Gasteiger partial charge in [-0.05, 0) is 36.1 Å². The minimum atomic E-state index is -0.207. The summed E-state index contributed by atoms with van der Waals surface area (Å²) < 4.78 is 2.20. The summed E-state index contributed by atoms with van der Waals surface area (Å²) in [6.45, 7) is 0. The highest BCUT2D eigenvalue weighted by Gasteiger charge is 2.40. The van der Waals surface area contributed by atoms with Crippen molar-refractivity contribution in [2.45, 2.75) is 24.8 Å². The Labute approximate surface area is 188 Å². The van der Waals surface area contributed by atoms with Crippen LogP contribution in [0.2, 0.25) is 0 Å². The normalized spacial score (nSPS) is 20.4. The smallest absolute Gasteiger partial charge is 0.209 e. The average Bonchev–Trinajstić information content (AvgIpc) is 3.55. The zero-order valence-corrected chi connectivity index (χ0v) is 18.0. The first-order chi connectivity index (χ1) is 15.8. The van der Waals surface area contributed by atoms with Crippen LogP contribution in [0.15, 0.2) is 83.5 Å². The van der Waals surface area contributed by atoms with E-state index < -0.39 is 0 Å². The van der Waals surface area contributed by atoms with E-state index in [1.807, 2.05) is 24.3 Å². The number of aromatic nitrogens is 3. The quantitative estimate of drug-likeness (QED) is 0.357. The number of aromatic amines is 1. The molecule has 32 heavy (non-hydrogen) atoms. The van der Waals surface area contributed by atoms with Crippen molar-refractivity contribution in [2.24, 2.45) is 0 Å². The molecule has 0 saturated heterocycles. The summed E-state index contributed by atoms with van der Waals surface area (Å²) in [5.41, 5.74) is 6.04. The lowest BCUT2D eigenvalue weighted by Gasteiger charge is -2.36. The molecule has 3 aromatic heterocycles. The van der Waals surface area contributed by atoms with E-state index in [9.17, 15) is 4.79 Å². The van der Waals surface area contributed by atoms with Gasteiger partial charge in [-0.2, -0.15) is 0 Å². The molecular formula is C26H20N4OS. The molecule has 1 aliphatic carbocycles. The maximum Gasteiger partial charge on any atom is 0.209 e. The number of imidazole rings is 1. The van der Waals surface area contributed by atoms with Gasteiger partial charge >= 0.3 is 0 Å². The van der Waals surface area contributed by atoms with Crippen LogP contribution in [0, 0.1) is 0 Å². The summed E-state index contributed by atoms with van der Waals surface area (Å²) in [6.07, 6.45) is 3.42. The van der Waals surface area contributed by atoms with Crippen molar-refractivity contribution in [2.75, 3.05) is 5.32 Å². The molecule has 0 bridgehead atoms. The maximum atomic E-state index is 13.7. The second-order valence-corrected chi connectivity index (χ2v) is 9.53. The summed E-state index contributed by atoms with van der Waals surface area (Å²) in [5.74, 6) is 1.24. The van der Waals surface area contributed by atoms with Crippen LogP contribution in [-0.2, 0) is 4.79 Å².